The number of nitrogens with zero attached hydrogens (tertiary/aromatic N) is 5. The van der Waals surface area contributed by atoms with Gasteiger partial charge in [-0.15, -0.1) is 10.2 Å². The standard InChI is InChI=1S/C19H35N5O/c1-4-18-20-21-19(22(18)3)15-24-11-9-23(10-12-24)13-14-25-17-8-6-5-7-16(17)2/h16-17H,4-15H2,1-3H3. The third-order valence-electron chi connectivity index (χ3n) is 5.97. The van der Waals surface area contributed by atoms with Gasteiger partial charge in [-0.1, -0.05) is 26.7 Å². The summed E-state index contributed by atoms with van der Waals surface area (Å²) >= 11 is 0. The van der Waals surface area contributed by atoms with Crippen LogP contribution in [0.1, 0.15) is 51.2 Å². The smallest absolute Gasteiger partial charge is 0.146 e. The largest absolute Gasteiger partial charge is 0.377 e. The van der Waals surface area contributed by atoms with Gasteiger partial charge in [0.2, 0.25) is 0 Å². The summed E-state index contributed by atoms with van der Waals surface area (Å²) in [4.78, 5) is 5.03. The van der Waals surface area contributed by atoms with Crippen molar-refractivity contribution in [2.75, 3.05) is 39.3 Å². The van der Waals surface area contributed by atoms with Crippen LogP contribution in [0.2, 0.25) is 0 Å². The summed E-state index contributed by atoms with van der Waals surface area (Å²) < 4.78 is 8.32. The van der Waals surface area contributed by atoms with Crippen molar-refractivity contribution in [2.24, 2.45) is 13.0 Å². The Morgan fingerprint density at radius 2 is 1.68 bits per heavy atom. The average Bonchev–Trinajstić information content (AvgIpc) is 2.98. The van der Waals surface area contributed by atoms with Crippen LogP contribution in [0, 0.1) is 5.92 Å². The predicted octanol–water partition coefficient (Wildman–Crippen LogP) is 2.09. The van der Waals surface area contributed by atoms with Gasteiger partial charge in [0.1, 0.15) is 11.6 Å². The van der Waals surface area contributed by atoms with Crippen molar-refractivity contribution in [3.05, 3.63) is 11.6 Å². The third-order valence-corrected chi connectivity index (χ3v) is 5.97. The number of hydrogen-bond acceptors (Lipinski definition) is 5. The highest BCUT2D eigenvalue weighted by molar-refractivity contribution is 4.95. The van der Waals surface area contributed by atoms with Crippen LogP contribution in [0.15, 0.2) is 0 Å². The molecule has 0 spiro atoms. The van der Waals surface area contributed by atoms with E-state index in [4.69, 9.17) is 4.74 Å². The Morgan fingerprint density at radius 1 is 1.00 bits per heavy atom. The van der Waals surface area contributed by atoms with Gasteiger partial charge in [0.15, 0.2) is 0 Å². The number of hydrogen-bond donors (Lipinski definition) is 0. The van der Waals surface area contributed by atoms with Crippen molar-refractivity contribution >= 4 is 0 Å². The molecule has 6 nitrogen and oxygen atoms in total. The SMILES string of the molecule is CCc1nnc(CN2CCN(CCOC3CCCCC3C)CC2)n1C. The first-order valence-electron chi connectivity index (χ1n) is 10.1. The van der Waals surface area contributed by atoms with E-state index >= 15 is 0 Å². The van der Waals surface area contributed by atoms with Crippen LogP contribution < -0.4 is 0 Å². The lowest BCUT2D eigenvalue weighted by molar-refractivity contribution is -0.0183. The van der Waals surface area contributed by atoms with E-state index in [1.165, 1.54) is 25.7 Å². The first-order valence-corrected chi connectivity index (χ1v) is 10.1. The molecule has 0 amide bonds. The molecule has 3 rings (SSSR count). The summed E-state index contributed by atoms with van der Waals surface area (Å²) in [7, 11) is 2.08. The zero-order chi connectivity index (χ0) is 17.6. The molecule has 6 heteroatoms. The highest BCUT2D eigenvalue weighted by Crippen LogP contribution is 2.26. The molecule has 2 heterocycles. The highest BCUT2D eigenvalue weighted by atomic mass is 16.5. The maximum atomic E-state index is 6.17. The second-order valence-electron chi connectivity index (χ2n) is 7.73. The third kappa shape index (κ3) is 5.02. The van der Waals surface area contributed by atoms with Gasteiger partial charge in [0.25, 0.3) is 0 Å². The van der Waals surface area contributed by atoms with E-state index in [0.717, 1.165) is 69.9 Å². The fraction of sp³-hybridized carbons (Fsp3) is 0.895. The van der Waals surface area contributed by atoms with Crippen LogP contribution in [-0.2, 0) is 24.8 Å². The molecule has 1 aliphatic carbocycles. The van der Waals surface area contributed by atoms with Gasteiger partial charge >= 0.3 is 0 Å². The molecule has 142 valence electrons. The molecule has 0 aromatic carbocycles. The Kier molecular flexibility index (Phi) is 6.84. The summed E-state index contributed by atoms with van der Waals surface area (Å²) in [6, 6.07) is 0. The van der Waals surface area contributed by atoms with Crippen molar-refractivity contribution in [3.8, 4) is 0 Å². The molecule has 25 heavy (non-hydrogen) atoms. The topological polar surface area (TPSA) is 46.4 Å². The van der Waals surface area contributed by atoms with E-state index in [1.807, 2.05) is 0 Å². The van der Waals surface area contributed by atoms with Crippen molar-refractivity contribution < 1.29 is 4.74 Å². The van der Waals surface area contributed by atoms with E-state index in [-0.39, 0.29) is 0 Å². The van der Waals surface area contributed by atoms with Crippen LogP contribution in [0.25, 0.3) is 0 Å². The number of aromatic nitrogens is 3. The number of ether oxygens (including phenoxy) is 1. The lowest BCUT2D eigenvalue weighted by atomic mass is 9.88. The Morgan fingerprint density at radius 3 is 2.36 bits per heavy atom. The summed E-state index contributed by atoms with van der Waals surface area (Å²) in [5.41, 5.74) is 0. The van der Waals surface area contributed by atoms with Gasteiger partial charge < -0.3 is 9.30 Å². The van der Waals surface area contributed by atoms with Crippen LogP contribution in [0.5, 0.6) is 0 Å². The van der Waals surface area contributed by atoms with Gasteiger partial charge in [0.05, 0.1) is 19.3 Å². The molecule has 0 N–H and O–H groups in total. The first kappa shape index (κ1) is 18.8. The van der Waals surface area contributed by atoms with Crippen molar-refractivity contribution in [1.82, 2.24) is 24.6 Å². The maximum absolute atomic E-state index is 6.17. The predicted molar refractivity (Wildman–Crippen MR) is 99.5 cm³/mol. The normalized spacial score (nSPS) is 26.2. The Bertz CT molecular complexity index is 524. The van der Waals surface area contributed by atoms with Crippen LogP contribution in [0.4, 0.5) is 0 Å². The summed E-state index contributed by atoms with van der Waals surface area (Å²) in [6.45, 7) is 11.8. The minimum atomic E-state index is 0.499. The Hall–Kier alpha value is -0.980. The molecule has 2 atom stereocenters. The van der Waals surface area contributed by atoms with Crippen molar-refractivity contribution in [3.63, 3.8) is 0 Å². The summed E-state index contributed by atoms with van der Waals surface area (Å²) in [6.07, 6.45) is 6.76. The van der Waals surface area contributed by atoms with E-state index in [0.29, 0.717) is 6.10 Å². The first-order chi connectivity index (χ1) is 12.2. The Labute approximate surface area is 152 Å². The molecule has 2 fully saturated rings. The van der Waals surface area contributed by atoms with Gasteiger partial charge in [-0.3, -0.25) is 9.80 Å². The molecule has 1 aromatic rings. The molecule has 1 saturated heterocycles. The van der Waals surface area contributed by atoms with Gasteiger partial charge in [-0.25, -0.2) is 0 Å². The zero-order valence-corrected chi connectivity index (χ0v) is 16.3. The van der Waals surface area contributed by atoms with Crippen molar-refractivity contribution in [2.45, 2.75) is 58.6 Å². The lowest BCUT2D eigenvalue weighted by Crippen LogP contribution is -2.47. The fourth-order valence-electron chi connectivity index (χ4n) is 4.08. The maximum Gasteiger partial charge on any atom is 0.146 e. The Balaban J connectivity index is 1.35. The molecule has 1 saturated carbocycles. The summed E-state index contributed by atoms with van der Waals surface area (Å²) in [5, 5.41) is 8.61. The monoisotopic (exact) mass is 349 g/mol. The summed E-state index contributed by atoms with van der Waals surface area (Å²) in [5.74, 6) is 2.90. The molecule has 1 aromatic heterocycles. The molecular weight excluding hydrogens is 314 g/mol. The van der Waals surface area contributed by atoms with E-state index < -0.39 is 0 Å². The molecule has 2 aliphatic rings. The number of rotatable bonds is 7. The minimum Gasteiger partial charge on any atom is -0.377 e. The van der Waals surface area contributed by atoms with Gasteiger partial charge in [-0.05, 0) is 18.8 Å². The van der Waals surface area contributed by atoms with Crippen LogP contribution in [0.3, 0.4) is 0 Å². The fourth-order valence-corrected chi connectivity index (χ4v) is 4.08. The quantitative estimate of drug-likeness (QED) is 0.754. The van der Waals surface area contributed by atoms with Gasteiger partial charge in [-0.2, -0.15) is 0 Å². The molecule has 1 aliphatic heterocycles. The van der Waals surface area contributed by atoms with Crippen LogP contribution >= 0.6 is 0 Å². The number of aryl methyl sites for hydroxylation is 1. The molecular formula is C19H35N5O. The average molecular weight is 350 g/mol. The lowest BCUT2D eigenvalue weighted by Gasteiger charge is -2.35. The minimum absolute atomic E-state index is 0.499. The highest BCUT2D eigenvalue weighted by Gasteiger charge is 2.23. The molecule has 2 unspecified atom stereocenters. The molecule has 0 radical (unpaired) electrons. The zero-order valence-electron chi connectivity index (χ0n) is 16.3. The van der Waals surface area contributed by atoms with Gasteiger partial charge in [0, 0.05) is 46.2 Å². The second-order valence-corrected chi connectivity index (χ2v) is 7.73. The number of piperazine rings is 1. The molecule has 0 bridgehead atoms. The van der Waals surface area contributed by atoms with E-state index in [1.54, 1.807) is 0 Å². The van der Waals surface area contributed by atoms with E-state index in [9.17, 15) is 0 Å². The second kappa shape index (κ2) is 9.10. The van der Waals surface area contributed by atoms with Crippen LogP contribution in [-0.4, -0.2) is 70.0 Å². The van der Waals surface area contributed by atoms with Crippen molar-refractivity contribution in [1.29, 1.82) is 0 Å². The van der Waals surface area contributed by atoms with E-state index in [2.05, 4.69) is 45.5 Å².